The van der Waals surface area contributed by atoms with Crippen molar-refractivity contribution < 1.29 is 0 Å². The Balaban J connectivity index is 1.77. The summed E-state index contributed by atoms with van der Waals surface area (Å²) in [6.07, 6.45) is 20.6. The van der Waals surface area contributed by atoms with Crippen molar-refractivity contribution in [1.29, 1.82) is 0 Å². The molecule has 0 amide bonds. The highest BCUT2D eigenvalue weighted by Crippen LogP contribution is 2.44. The average molecular weight is 302 g/mol. The van der Waals surface area contributed by atoms with Gasteiger partial charge in [0.05, 0.1) is 0 Å². The van der Waals surface area contributed by atoms with Crippen molar-refractivity contribution in [2.75, 3.05) is 0 Å². The smallest absolute Gasteiger partial charge is 0.0106 e. The van der Waals surface area contributed by atoms with Gasteiger partial charge in [-0.1, -0.05) is 56.3 Å². The Morgan fingerprint density at radius 3 is 2.00 bits per heavy atom. The molecular formula is C21H35N. The third-order valence-corrected chi connectivity index (χ3v) is 6.05. The summed E-state index contributed by atoms with van der Waals surface area (Å²) < 4.78 is 0. The fourth-order valence-electron chi connectivity index (χ4n) is 4.97. The molecule has 0 aromatic heterocycles. The monoisotopic (exact) mass is 301 g/mol. The van der Waals surface area contributed by atoms with Crippen LogP contribution in [0, 0.1) is 17.8 Å². The number of nitrogens with two attached hydrogens (primary N) is 1. The first-order chi connectivity index (χ1) is 10.5. The Kier molecular flexibility index (Phi) is 5.12. The Labute approximate surface area is 137 Å². The molecule has 1 nitrogen and oxygen atoms in total. The minimum atomic E-state index is -0.0586. The SMILES string of the molecule is CC(C)(N)CC1C=C(C2CCCCC2)C=C1C1CCCCC1. The van der Waals surface area contributed by atoms with Crippen LogP contribution in [0.15, 0.2) is 23.3 Å². The second-order valence-electron chi connectivity index (χ2n) is 8.78. The highest BCUT2D eigenvalue weighted by molar-refractivity contribution is 5.39. The van der Waals surface area contributed by atoms with Crippen LogP contribution in [0.4, 0.5) is 0 Å². The molecule has 0 aromatic rings. The quantitative estimate of drug-likeness (QED) is 0.702. The summed E-state index contributed by atoms with van der Waals surface area (Å²) in [4.78, 5) is 0. The summed E-state index contributed by atoms with van der Waals surface area (Å²) in [7, 11) is 0. The summed E-state index contributed by atoms with van der Waals surface area (Å²) in [5.74, 6) is 2.32. The summed E-state index contributed by atoms with van der Waals surface area (Å²) in [6.45, 7) is 4.38. The van der Waals surface area contributed by atoms with Crippen LogP contribution < -0.4 is 5.73 Å². The molecule has 22 heavy (non-hydrogen) atoms. The van der Waals surface area contributed by atoms with Crippen molar-refractivity contribution in [3.63, 3.8) is 0 Å². The average Bonchev–Trinajstić information content (AvgIpc) is 2.91. The van der Waals surface area contributed by atoms with Crippen molar-refractivity contribution in [2.24, 2.45) is 23.5 Å². The van der Waals surface area contributed by atoms with Crippen LogP contribution in [0.2, 0.25) is 0 Å². The maximum atomic E-state index is 6.37. The minimum absolute atomic E-state index is 0.0586. The van der Waals surface area contributed by atoms with Gasteiger partial charge >= 0.3 is 0 Å². The lowest BCUT2D eigenvalue weighted by molar-refractivity contribution is 0.358. The van der Waals surface area contributed by atoms with Gasteiger partial charge in [-0.2, -0.15) is 0 Å². The molecular weight excluding hydrogens is 266 g/mol. The predicted molar refractivity (Wildman–Crippen MR) is 95.7 cm³/mol. The zero-order chi connectivity index (χ0) is 15.6. The topological polar surface area (TPSA) is 26.0 Å². The molecule has 1 unspecified atom stereocenters. The highest BCUT2D eigenvalue weighted by Gasteiger charge is 2.32. The molecule has 3 rings (SSSR count). The van der Waals surface area contributed by atoms with Crippen LogP contribution in [0.25, 0.3) is 0 Å². The third-order valence-electron chi connectivity index (χ3n) is 6.05. The van der Waals surface area contributed by atoms with E-state index in [1.807, 2.05) is 0 Å². The van der Waals surface area contributed by atoms with Gasteiger partial charge in [0.1, 0.15) is 0 Å². The molecule has 3 aliphatic carbocycles. The molecule has 0 saturated heterocycles. The van der Waals surface area contributed by atoms with Gasteiger partial charge in [0.15, 0.2) is 0 Å². The molecule has 3 aliphatic rings. The molecule has 0 bridgehead atoms. The van der Waals surface area contributed by atoms with Crippen molar-refractivity contribution in [3.05, 3.63) is 23.3 Å². The van der Waals surface area contributed by atoms with Crippen molar-refractivity contribution in [1.82, 2.24) is 0 Å². The van der Waals surface area contributed by atoms with E-state index in [9.17, 15) is 0 Å². The Morgan fingerprint density at radius 1 is 0.909 bits per heavy atom. The largest absolute Gasteiger partial charge is 0.326 e. The third kappa shape index (κ3) is 4.04. The molecule has 0 radical (unpaired) electrons. The Bertz CT molecular complexity index is 425. The van der Waals surface area contributed by atoms with Gasteiger partial charge in [0.25, 0.3) is 0 Å². The van der Waals surface area contributed by atoms with Crippen LogP contribution in [0.1, 0.15) is 84.5 Å². The molecule has 2 saturated carbocycles. The van der Waals surface area contributed by atoms with E-state index in [1.165, 1.54) is 64.2 Å². The summed E-state index contributed by atoms with van der Waals surface area (Å²) in [5.41, 5.74) is 9.74. The van der Waals surface area contributed by atoms with Crippen LogP contribution in [-0.2, 0) is 0 Å². The predicted octanol–water partition coefficient (Wildman–Crippen LogP) is 5.76. The maximum Gasteiger partial charge on any atom is 0.0106 e. The molecule has 0 aliphatic heterocycles. The first-order valence-corrected chi connectivity index (χ1v) is 9.75. The molecule has 0 spiro atoms. The van der Waals surface area contributed by atoms with Gasteiger partial charge in [0, 0.05) is 11.5 Å². The summed E-state index contributed by atoms with van der Waals surface area (Å²) in [5, 5.41) is 0. The van der Waals surface area contributed by atoms with E-state index in [0.29, 0.717) is 5.92 Å². The summed E-state index contributed by atoms with van der Waals surface area (Å²) in [6, 6.07) is 0. The minimum Gasteiger partial charge on any atom is -0.326 e. The molecule has 2 N–H and O–H groups in total. The molecule has 124 valence electrons. The van der Waals surface area contributed by atoms with E-state index < -0.39 is 0 Å². The molecule has 1 heteroatoms. The van der Waals surface area contributed by atoms with Gasteiger partial charge in [0.2, 0.25) is 0 Å². The molecule has 0 aromatic carbocycles. The van der Waals surface area contributed by atoms with Gasteiger partial charge in [-0.15, -0.1) is 0 Å². The second kappa shape index (κ2) is 6.91. The standard InChI is InChI=1S/C21H35N/c1-21(2,22)15-19-13-18(16-9-5-3-6-10-16)14-20(19)17-11-7-4-8-12-17/h13-14,16-17,19H,3-12,15,22H2,1-2H3. The van der Waals surface area contributed by atoms with Crippen LogP contribution in [0.5, 0.6) is 0 Å². The fourth-order valence-corrected chi connectivity index (χ4v) is 4.97. The van der Waals surface area contributed by atoms with E-state index in [4.69, 9.17) is 5.73 Å². The van der Waals surface area contributed by atoms with Gasteiger partial charge < -0.3 is 5.73 Å². The number of allylic oxidation sites excluding steroid dienone is 4. The van der Waals surface area contributed by atoms with Crippen molar-refractivity contribution >= 4 is 0 Å². The van der Waals surface area contributed by atoms with Crippen LogP contribution >= 0.6 is 0 Å². The first-order valence-electron chi connectivity index (χ1n) is 9.75. The Morgan fingerprint density at radius 2 is 1.45 bits per heavy atom. The summed E-state index contributed by atoms with van der Waals surface area (Å²) >= 11 is 0. The van der Waals surface area contributed by atoms with Crippen molar-refractivity contribution in [2.45, 2.75) is 90.0 Å². The maximum absolute atomic E-state index is 6.37. The zero-order valence-electron chi connectivity index (χ0n) is 14.7. The second-order valence-corrected chi connectivity index (χ2v) is 8.78. The fraction of sp³-hybridized carbons (Fsp3) is 0.810. The van der Waals surface area contributed by atoms with Gasteiger partial charge in [-0.25, -0.2) is 0 Å². The lowest BCUT2D eigenvalue weighted by Crippen LogP contribution is -2.34. The van der Waals surface area contributed by atoms with Crippen molar-refractivity contribution in [3.8, 4) is 0 Å². The molecule has 1 atom stereocenters. The number of rotatable bonds is 4. The van der Waals surface area contributed by atoms with E-state index >= 15 is 0 Å². The number of hydrogen-bond donors (Lipinski definition) is 1. The van der Waals surface area contributed by atoms with E-state index in [2.05, 4.69) is 26.0 Å². The molecule has 2 fully saturated rings. The normalized spacial score (nSPS) is 28.6. The highest BCUT2D eigenvalue weighted by atomic mass is 14.7. The Hall–Kier alpha value is -0.560. The zero-order valence-corrected chi connectivity index (χ0v) is 14.7. The van der Waals surface area contributed by atoms with Gasteiger partial charge in [-0.05, 0) is 63.4 Å². The number of hydrogen-bond acceptors (Lipinski definition) is 1. The van der Waals surface area contributed by atoms with E-state index in [1.54, 1.807) is 11.1 Å². The lowest BCUT2D eigenvalue weighted by Gasteiger charge is -2.30. The van der Waals surface area contributed by atoms with Gasteiger partial charge in [-0.3, -0.25) is 0 Å². The lowest BCUT2D eigenvalue weighted by atomic mass is 9.77. The van der Waals surface area contributed by atoms with E-state index in [-0.39, 0.29) is 5.54 Å². The molecule has 0 heterocycles. The van der Waals surface area contributed by atoms with Crippen LogP contribution in [-0.4, -0.2) is 5.54 Å². The van der Waals surface area contributed by atoms with E-state index in [0.717, 1.165) is 18.3 Å². The van der Waals surface area contributed by atoms with Crippen LogP contribution in [0.3, 0.4) is 0 Å². The first kappa shape index (κ1) is 16.3.